The number of nitrogens with two attached hydrogens (primary N) is 1. The van der Waals surface area contributed by atoms with E-state index in [9.17, 15) is 24.3 Å². The van der Waals surface area contributed by atoms with Crippen LogP contribution in [0.15, 0.2) is 0 Å². The number of carboxylic acid groups (broad SMARTS) is 1. The number of carbonyl (C=O) groups excluding carboxylic acids is 1. The fourth-order valence-electron chi connectivity index (χ4n) is 0.876. The second kappa shape index (κ2) is 6.44. The zero-order chi connectivity index (χ0) is 12.8. The average Bonchev–Trinajstić information content (AvgIpc) is 2.08. The topological polar surface area (TPSA) is 183 Å². The van der Waals surface area contributed by atoms with Crippen LogP contribution >= 0.6 is 7.75 Å². The monoisotopic (exact) mass is 253 g/mol. The first kappa shape index (κ1) is 14.8. The Bertz CT molecular complexity index is 314. The van der Waals surface area contributed by atoms with Crippen LogP contribution in [0.1, 0.15) is 12.8 Å². The third-order valence-electron chi connectivity index (χ3n) is 1.64. The van der Waals surface area contributed by atoms with Crippen molar-refractivity contribution in [3.63, 3.8) is 0 Å². The van der Waals surface area contributed by atoms with Gasteiger partial charge in [0, 0.05) is 6.42 Å². The predicted octanol–water partition coefficient (Wildman–Crippen LogP) is -7.06. The molecule has 0 spiro atoms. The minimum Gasteiger partial charge on any atom is -0.783 e. The summed E-state index contributed by atoms with van der Waals surface area (Å²) in [6, 6.07) is -0.832. The molecule has 10 heteroatoms. The van der Waals surface area contributed by atoms with Gasteiger partial charge in [0.15, 0.2) is 0 Å². The Morgan fingerprint density at radius 2 is 2.12 bits per heavy atom. The van der Waals surface area contributed by atoms with Gasteiger partial charge in [0.05, 0.1) is 20.3 Å². The Kier molecular flexibility index (Phi) is 5.97. The highest BCUT2D eigenvalue weighted by molar-refractivity contribution is 7.47. The fourth-order valence-corrected chi connectivity index (χ4v) is 1.25. The smallest absolute Gasteiger partial charge is 0.344 e. The number of nitrogens with one attached hydrogen (secondary N) is 2. The van der Waals surface area contributed by atoms with Gasteiger partial charge in [0.25, 0.3) is 0 Å². The molecule has 0 saturated carbocycles. The SMILES string of the molecule is NC(NP(=O)([O-])[O-])=[NH+]CCC[C@H]([NH3+])C(=O)[O-]. The molecule has 0 saturated heterocycles. The first-order valence-corrected chi connectivity index (χ1v) is 5.97. The van der Waals surface area contributed by atoms with Gasteiger partial charge in [-0.15, -0.1) is 0 Å². The maximum absolute atomic E-state index is 10.3. The summed E-state index contributed by atoms with van der Waals surface area (Å²) in [4.78, 5) is 33.1. The molecule has 0 rings (SSSR count). The molecule has 0 unspecified atom stereocenters. The molecule has 9 nitrogen and oxygen atoms in total. The summed E-state index contributed by atoms with van der Waals surface area (Å²) in [6.07, 6.45) is 0.654. The largest absolute Gasteiger partial charge is 0.783 e. The van der Waals surface area contributed by atoms with Crippen LogP contribution < -0.4 is 36.4 Å². The lowest BCUT2D eigenvalue weighted by Crippen LogP contribution is -2.79. The Labute approximate surface area is 91.8 Å². The van der Waals surface area contributed by atoms with E-state index in [4.69, 9.17) is 5.73 Å². The van der Waals surface area contributed by atoms with Crippen LogP contribution in [0.25, 0.3) is 0 Å². The highest BCUT2D eigenvalue weighted by atomic mass is 31.2. The summed E-state index contributed by atoms with van der Waals surface area (Å²) in [5.74, 6) is -1.64. The number of guanidine groups is 1. The standard InChI is InChI=1S/C6H15N4O5P/c7-4(5(11)12)2-1-3-9-6(8)10-16(13,14)15/h4H,1-3,7H2,(H,11,12)(H5,8,9,10,13,14,15)/p-1/t4-/m0/s1. The van der Waals surface area contributed by atoms with Crippen LogP contribution in [0.2, 0.25) is 0 Å². The van der Waals surface area contributed by atoms with Crippen molar-refractivity contribution in [3.05, 3.63) is 0 Å². The van der Waals surface area contributed by atoms with Crippen molar-refractivity contribution in [2.75, 3.05) is 6.54 Å². The van der Waals surface area contributed by atoms with Crippen LogP contribution in [-0.4, -0.2) is 24.5 Å². The second-order valence-corrected chi connectivity index (χ2v) is 4.33. The van der Waals surface area contributed by atoms with E-state index >= 15 is 0 Å². The van der Waals surface area contributed by atoms with Crippen LogP contribution in [0.4, 0.5) is 0 Å². The van der Waals surface area contributed by atoms with E-state index in [0.717, 1.165) is 0 Å². The molecule has 0 heterocycles. The van der Waals surface area contributed by atoms with Crippen LogP contribution in [0, 0.1) is 0 Å². The number of carbonyl (C=O) groups is 1. The Morgan fingerprint density at radius 1 is 1.56 bits per heavy atom. The summed E-state index contributed by atoms with van der Waals surface area (Å²) < 4.78 is 10.2. The second-order valence-electron chi connectivity index (χ2n) is 3.11. The molecule has 1 atom stereocenters. The molecule has 0 aromatic heterocycles. The highest BCUT2D eigenvalue weighted by Gasteiger charge is 2.06. The van der Waals surface area contributed by atoms with Crippen molar-refractivity contribution in [1.29, 1.82) is 0 Å². The van der Waals surface area contributed by atoms with E-state index in [-0.39, 0.29) is 18.9 Å². The summed E-state index contributed by atoms with van der Waals surface area (Å²) >= 11 is 0. The van der Waals surface area contributed by atoms with Gasteiger partial charge in [-0.2, -0.15) is 0 Å². The zero-order valence-electron chi connectivity index (χ0n) is 8.47. The molecule has 0 radical (unpaired) electrons. The van der Waals surface area contributed by atoms with Gasteiger partial charge in [-0.1, -0.05) is 0 Å². The molecule has 0 aliphatic heterocycles. The normalized spacial score (nSPS) is 14.6. The van der Waals surface area contributed by atoms with Gasteiger partial charge in [-0.25, -0.2) is 0 Å². The quantitative estimate of drug-likeness (QED) is 0.157. The Hall–Kier alpha value is -1.15. The minimum atomic E-state index is -4.90. The van der Waals surface area contributed by atoms with E-state index < -0.39 is 19.8 Å². The molecule has 0 aromatic rings. The van der Waals surface area contributed by atoms with Gasteiger partial charge < -0.3 is 30.0 Å². The van der Waals surface area contributed by atoms with Crippen molar-refractivity contribution < 1.29 is 35.0 Å². The Morgan fingerprint density at radius 3 is 2.56 bits per heavy atom. The number of hydrogen-bond donors (Lipinski definition) is 4. The molecular weight excluding hydrogens is 239 g/mol. The summed E-state index contributed by atoms with van der Waals surface area (Å²) in [5, 5.41) is 11.8. The molecule has 0 aliphatic carbocycles. The van der Waals surface area contributed by atoms with Crippen molar-refractivity contribution in [1.82, 2.24) is 5.09 Å². The van der Waals surface area contributed by atoms with Gasteiger partial charge >= 0.3 is 5.96 Å². The zero-order valence-corrected chi connectivity index (χ0v) is 9.37. The van der Waals surface area contributed by atoms with E-state index in [1.165, 1.54) is 5.09 Å². The molecule has 0 bridgehead atoms. The van der Waals surface area contributed by atoms with Crippen molar-refractivity contribution in [2.24, 2.45) is 5.73 Å². The van der Waals surface area contributed by atoms with E-state index in [1.54, 1.807) is 0 Å². The number of quaternary nitrogens is 1. The lowest BCUT2D eigenvalue weighted by atomic mass is 10.2. The maximum atomic E-state index is 10.3. The third kappa shape index (κ3) is 8.18. The Balaban J connectivity index is 3.84. The van der Waals surface area contributed by atoms with Crippen molar-refractivity contribution in [2.45, 2.75) is 18.9 Å². The highest BCUT2D eigenvalue weighted by Crippen LogP contribution is 2.12. The average molecular weight is 253 g/mol. The lowest BCUT2D eigenvalue weighted by molar-refractivity contribution is -0.467. The van der Waals surface area contributed by atoms with Gasteiger partial charge in [-0.3, -0.25) is 15.8 Å². The summed E-state index contributed by atoms with van der Waals surface area (Å²) in [5.41, 5.74) is 8.44. The van der Waals surface area contributed by atoms with Crippen LogP contribution in [0.3, 0.4) is 0 Å². The van der Waals surface area contributed by atoms with E-state index in [1.807, 2.05) is 0 Å². The molecule has 0 aliphatic rings. The molecule has 7 N–H and O–H groups in total. The van der Waals surface area contributed by atoms with Gasteiger partial charge in [0.2, 0.25) is 0 Å². The minimum absolute atomic E-state index is 0.220. The molecule has 0 aromatic carbocycles. The molecule has 94 valence electrons. The molecular formula is C6H14N4O5P-. The first-order chi connectivity index (χ1) is 7.22. The van der Waals surface area contributed by atoms with Gasteiger partial charge in [-0.05, 0) is 6.42 Å². The first-order valence-electron chi connectivity index (χ1n) is 4.43. The number of carboxylic acids is 1. The molecule has 16 heavy (non-hydrogen) atoms. The number of aliphatic carboxylic acids is 1. The predicted molar refractivity (Wildman–Crippen MR) is 46.7 cm³/mol. The van der Waals surface area contributed by atoms with Crippen LogP contribution in [0.5, 0.6) is 0 Å². The van der Waals surface area contributed by atoms with Gasteiger partial charge in [0.1, 0.15) is 6.04 Å². The summed E-state index contributed by atoms with van der Waals surface area (Å²) in [6.45, 7) is 0.220. The van der Waals surface area contributed by atoms with Crippen LogP contribution in [-0.2, 0) is 9.36 Å². The van der Waals surface area contributed by atoms with E-state index in [0.29, 0.717) is 6.42 Å². The number of rotatable bonds is 6. The molecule has 0 amide bonds. The lowest BCUT2D eigenvalue weighted by Gasteiger charge is -2.25. The molecule has 0 fully saturated rings. The van der Waals surface area contributed by atoms with Crippen molar-refractivity contribution >= 4 is 19.7 Å². The fraction of sp³-hybridized carbons (Fsp3) is 0.667. The third-order valence-corrected chi connectivity index (χ3v) is 2.15. The number of hydrogen-bond acceptors (Lipinski definition) is 5. The van der Waals surface area contributed by atoms with Crippen molar-refractivity contribution in [3.8, 4) is 0 Å². The maximum Gasteiger partial charge on any atom is 0.344 e. The van der Waals surface area contributed by atoms with E-state index in [2.05, 4.69) is 10.7 Å². The summed E-state index contributed by atoms with van der Waals surface area (Å²) in [7, 11) is -4.90.